The van der Waals surface area contributed by atoms with Crippen LogP contribution in [0.2, 0.25) is 0 Å². The third-order valence-electron chi connectivity index (χ3n) is 1.85. The zero-order valence-corrected chi connectivity index (χ0v) is 8.63. The lowest BCUT2D eigenvalue weighted by atomic mass is 10.2. The molecule has 2 aromatic rings. The molecule has 0 aliphatic carbocycles. The normalized spacial score (nSPS) is 10.8. The lowest BCUT2D eigenvalue weighted by Gasteiger charge is -2.00. The van der Waals surface area contributed by atoms with Gasteiger partial charge in [-0.05, 0) is 30.9 Å². The van der Waals surface area contributed by atoms with Crippen molar-refractivity contribution in [1.82, 2.24) is 4.98 Å². The van der Waals surface area contributed by atoms with Crippen LogP contribution in [-0.4, -0.2) is 11.2 Å². The molecule has 0 N–H and O–H groups in total. The van der Waals surface area contributed by atoms with Crippen LogP contribution < -0.4 is 0 Å². The number of thioether (sulfide) groups is 1. The van der Waals surface area contributed by atoms with Crippen LogP contribution in [0.25, 0.3) is 10.2 Å². The van der Waals surface area contributed by atoms with Crippen molar-refractivity contribution in [3.05, 3.63) is 23.2 Å². The molecule has 12 heavy (non-hydrogen) atoms. The summed E-state index contributed by atoms with van der Waals surface area (Å²) in [7, 11) is 0. The second-order valence-electron chi connectivity index (χ2n) is 2.64. The maximum absolute atomic E-state index is 4.26. The van der Waals surface area contributed by atoms with Gasteiger partial charge in [-0.25, -0.2) is 4.98 Å². The second-order valence-corrected chi connectivity index (χ2v) is 4.38. The van der Waals surface area contributed by atoms with Crippen molar-refractivity contribution < 1.29 is 0 Å². The van der Waals surface area contributed by atoms with E-state index in [9.17, 15) is 0 Å². The summed E-state index contributed by atoms with van der Waals surface area (Å²) < 4.78 is 1.28. The van der Waals surface area contributed by atoms with Crippen LogP contribution in [0.3, 0.4) is 0 Å². The van der Waals surface area contributed by atoms with Crippen LogP contribution in [0.5, 0.6) is 0 Å². The van der Waals surface area contributed by atoms with Crippen LogP contribution in [0, 0.1) is 6.92 Å². The highest BCUT2D eigenvalue weighted by atomic mass is 32.2. The molecule has 1 aromatic carbocycles. The molecule has 0 saturated carbocycles. The van der Waals surface area contributed by atoms with E-state index in [0.29, 0.717) is 0 Å². The van der Waals surface area contributed by atoms with Crippen LogP contribution in [0.15, 0.2) is 22.5 Å². The molecule has 0 bridgehead atoms. The Kier molecular flexibility index (Phi) is 2.07. The van der Waals surface area contributed by atoms with Gasteiger partial charge in [0.25, 0.3) is 0 Å². The molecule has 3 heteroatoms. The summed E-state index contributed by atoms with van der Waals surface area (Å²) in [6, 6.07) is 4.37. The predicted octanol–water partition coefficient (Wildman–Crippen LogP) is 3.33. The molecule has 0 amide bonds. The lowest BCUT2D eigenvalue weighted by molar-refractivity contribution is 1.32. The van der Waals surface area contributed by atoms with Gasteiger partial charge in [-0.15, -0.1) is 23.1 Å². The van der Waals surface area contributed by atoms with Gasteiger partial charge in [0, 0.05) is 4.90 Å². The minimum atomic E-state index is 1.12. The number of thiazole rings is 1. The molecule has 2 rings (SSSR count). The SMILES string of the molecule is CSc1cc2scnc2cc1C. The maximum atomic E-state index is 4.26. The first kappa shape index (κ1) is 8.08. The Hall–Kier alpha value is -0.540. The summed E-state index contributed by atoms with van der Waals surface area (Å²) in [5.74, 6) is 0. The highest BCUT2D eigenvalue weighted by molar-refractivity contribution is 7.98. The molecule has 1 heterocycles. The molecular weight excluding hydrogens is 186 g/mol. The smallest absolute Gasteiger partial charge is 0.0815 e. The van der Waals surface area contributed by atoms with E-state index in [1.54, 1.807) is 23.1 Å². The van der Waals surface area contributed by atoms with Gasteiger partial charge in [0.2, 0.25) is 0 Å². The Morgan fingerprint density at radius 2 is 2.25 bits per heavy atom. The third kappa shape index (κ3) is 1.23. The minimum absolute atomic E-state index is 1.12. The average molecular weight is 195 g/mol. The van der Waals surface area contributed by atoms with Gasteiger partial charge < -0.3 is 0 Å². The third-order valence-corrected chi connectivity index (χ3v) is 3.52. The lowest BCUT2D eigenvalue weighted by Crippen LogP contribution is -1.78. The van der Waals surface area contributed by atoms with Gasteiger partial charge in [-0.1, -0.05) is 0 Å². The van der Waals surface area contributed by atoms with Crippen LogP contribution >= 0.6 is 23.1 Å². The van der Waals surface area contributed by atoms with E-state index in [4.69, 9.17) is 0 Å². The Morgan fingerprint density at radius 1 is 1.42 bits per heavy atom. The van der Waals surface area contributed by atoms with Crippen LogP contribution in [0.4, 0.5) is 0 Å². The number of rotatable bonds is 1. The Balaban J connectivity index is 2.73. The quantitative estimate of drug-likeness (QED) is 0.647. The Bertz CT molecular complexity index is 406. The molecule has 0 aliphatic rings. The standard InChI is InChI=1S/C9H9NS2/c1-6-3-7-9(12-5-10-7)4-8(6)11-2/h3-5H,1-2H3. The fourth-order valence-corrected chi connectivity index (χ4v) is 2.60. The van der Waals surface area contributed by atoms with Gasteiger partial charge >= 0.3 is 0 Å². The van der Waals surface area contributed by atoms with Crippen molar-refractivity contribution in [3.63, 3.8) is 0 Å². The molecule has 0 aliphatic heterocycles. The van der Waals surface area contributed by atoms with Crippen molar-refractivity contribution >= 4 is 33.3 Å². The van der Waals surface area contributed by atoms with Crippen molar-refractivity contribution in [2.45, 2.75) is 11.8 Å². The first-order valence-corrected chi connectivity index (χ1v) is 5.79. The topological polar surface area (TPSA) is 12.9 Å². The maximum Gasteiger partial charge on any atom is 0.0815 e. The van der Waals surface area contributed by atoms with Crippen molar-refractivity contribution in [2.75, 3.05) is 6.26 Å². The highest BCUT2D eigenvalue weighted by Gasteiger charge is 2.01. The van der Waals surface area contributed by atoms with E-state index >= 15 is 0 Å². The van der Waals surface area contributed by atoms with E-state index < -0.39 is 0 Å². The number of hydrogen-bond acceptors (Lipinski definition) is 3. The van der Waals surface area contributed by atoms with Crippen molar-refractivity contribution in [3.8, 4) is 0 Å². The second kappa shape index (κ2) is 3.07. The van der Waals surface area contributed by atoms with E-state index in [1.807, 2.05) is 5.51 Å². The zero-order valence-electron chi connectivity index (χ0n) is 7.00. The number of benzene rings is 1. The highest BCUT2D eigenvalue weighted by Crippen LogP contribution is 2.27. The molecule has 1 nitrogen and oxygen atoms in total. The predicted molar refractivity (Wildman–Crippen MR) is 56.1 cm³/mol. The van der Waals surface area contributed by atoms with Gasteiger partial charge in [0.15, 0.2) is 0 Å². The Labute approximate surface area is 79.8 Å². The fraction of sp³-hybridized carbons (Fsp3) is 0.222. The molecular formula is C9H9NS2. The fourth-order valence-electron chi connectivity index (χ4n) is 1.21. The Morgan fingerprint density at radius 3 is 3.00 bits per heavy atom. The van der Waals surface area contributed by atoms with Gasteiger partial charge in [-0.2, -0.15) is 0 Å². The van der Waals surface area contributed by atoms with E-state index in [0.717, 1.165) is 5.52 Å². The molecule has 0 saturated heterocycles. The van der Waals surface area contributed by atoms with Gasteiger partial charge in [0.05, 0.1) is 15.7 Å². The van der Waals surface area contributed by atoms with Gasteiger partial charge in [-0.3, -0.25) is 0 Å². The largest absolute Gasteiger partial charge is 0.245 e. The van der Waals surface area contributed by atoms with E-state index in [1.165, 1.54) is 15.2 Å². The van der Waals surface area contributed by atoms with Crippen LogP contribution in [0.1, 0.15) is 5.56 Å². The minimum Gasteiger partial charge on any atom is -0.245 e. The monoisotopic (exact) mass is 195 g/mol. The van der Waals surface area contributed by atoms with Crippen LogP contribution in [-0.2, 0) is 0 Å². The molecule has 0 spiro atoms. The van der Waals surface area contributed by atoms with Crippen molar-refractivity contribution in [2.24, 2.45) is 0 Å². The molecule has 1 aromatic heterocycles. The van der Waals surface area contributed by atoms with Gasteiger partial charge in [0.1, 0.15) is 0 Å². The van der Waals surface area contributed by atoms with E-state index in [2.05, 4.69) is 30.3 Å². The number of aryl methyl sites for hydroxylation is 1. The summed E-state index contributed by atoms with van der Waals surface area (Å²) in [4.78, 5) is 5.62. The average Bonchev–Trinajstić information content (AvgIpc) is 2.49. The number of nitrogens with zero attached hydrogens (tertiary/aromatic N) is 1. The summed E-state index contributed by atoms with van der Waals surface area (Å²) in [6.45, 7) is 2.13. The van der Waals surface area contributed by atoms with Crippen molar-refractivity contribution in [1.29, 1.82) is 0 Å². The molecule has 0 radical (unpaired) electrons. The first-order valence-electron chi connectivity index (χ1n) is 3.69. The summed E-state index contributed by atoms with van der Waals surface area (Å²) >= 11 is 3.49. The molecule has 0 fully saturated rings. The summed E-state index contributed by atoms with van der Waals surface area (Å²) in [5, 5.41) is 0. The molecule has 62 valence electrons. The summed E-state index contributed by atoms with van der Waals surface area (Å²) in [5.41, 5.74) is 4.34. The number of hydrogen-bond donors (Lipinski definition) is 0. The molecule has 0 unspecified atom stereocenters. The first-order chi connectivity index (χ1) is 5.81. The zero-order chi connectivity index (χ0) is 8.55. The van der Waals surface area contributed by atoms with E-state index in [-0.39, 0.29) is 0 Å². The number of aromatic nitrogens is 1. The number of fused-ring (bicyclic) bond motifs is 1. The summed E-state index contributed by atoms with van der Waals surface area (Å²) in [6.07, 6.45) is 2.11. The molecule has 0 atom stereocenters.